The van der Waals surface area contributed by atoms with Crippen LogP contribution in [0.2, 0.25) is 10.0 Å². The number of thioether (sulfide) groups is 1. The number of carbonyl (C=O) groups excluding carboxylic acids is 1. The third kappa shape index (κ3) is 4.29. The molecule has 4 nitrogen and oxygen atoms in total. The smallest absolute Gasteiger partial charge is 0.192 e. The highest BCUT2D eigenvalue weighted by Gasteiger charge is 2.20. The lowest BCUT2D eigenvalue weighted by atomic mass is 10.2. The van der Waals surface area contributed by atoms with Gasteiger partial charge in [-0.3, -0.25) is 9.36 Å². The zero-order chi connectivity index (χ0) is 18.7. The van der Waals surface area contributed by atoms with Gasteiger partial charge in [0.25, 0.3) is 0 Å². The van der Waals surface area contributed by atoms with Gasteiger partial charge in [-0.15, -0.1) is 10.2 Å². The van der Waals surface area contributed by atoms with Gasteiger partial charge in [0.15, 0.2) is 11.0 Å². The van der Waals surface area contributed by atoms with E-state index in [4.69, 9.17) is 23.2 Å². The third-order valence-electron chi connectivity index (χ3n) is 3.93. The molecule has 0 spiro atoms. The summed E-state index contributed by atoms with van der Waals surface area (Å²) in [6, 6.07) is 15.3. The van der Waals surface area contributed by atoms with Crippen LogP contribution in [0.5, 0.6) is 0 Å². The summed E-state index contributed by atoms with van der Waals surface area (Å²) in [6.07, 6.45) is 0. The van der Waals surface area contributed by atoms with E-state index in [1.54, 1.807) is 19.1 Å². The van der Waals surface area contributed by atoms with Crippen molar-refractivity contribution in [3.63, 3.8) is 0 Å². The number of benzene rings is 2. The third-order valence-corrected chi connectivity index (χ3v) is 5.67. The molecule has 0 bridgehead atoms. The Balaban J connectivity index is 2.06. The monoisotopic (exact) mass is 405 g/mol. The van der Waals surface area contributed by atoms with Crippen LogP contribution in [0.4, 0.5) is 0 Å². The molecule has 134 valence electrons. The van der Waals surface area contributed by atoms with Gasteiger partial charge in [0.1, 0.15) is 5.78 Å². The molecule has 0 amide bonds. The second kappa shape index (κ2) is 8.25. The highest BCUT2D eigenvalue weighted by atomic mass is 35.5. The predicted molar refractivity (Wildman–Crippen MR) is 107 cm³/mol. The maximum absolute atomic E-state index is 11.7. The zero-order valence-electron chi connectivity index (χ0n) is 14.3. The topological polar surface area (TPSA) is 47.8 Å². The molecule has 1 unspecified atom stereocenters. The maximum atomic E-state index is 11.7. The fourth-order valence-corrected chi connectivity index (χ4v) is 3.74. The van der Waals surface area contributed by atoms with Gasteiger partial charge in [0.05, 0.1) is 16.8 Å². The number of carbonyl (C=O) groups is 1. The summed E-state index contributed by atoms with van der Waals surface area (Å²) in [7, 11) is 0. The molecule has 26 heavy (non-hydrogen) atoms. The lowest BCUT2D eigenvalue weighted by Crippen LogP contribution is -2.11. The van der Waals surface area contributed by atoms with Crippen LogP contribution in [0.3, 0.4) is 0 Å². The summed E-state index contributed by atoms with van der Waals surface area (Å²) in [4.78, 5) is 11.7. The molecule has 0 aliphatic carbocycles. The number of rotatable bonds is 6. The summed E-state index contributed by atoms with van der Waals surface area (Å²) in [5.74, 6) is 0.740. The van der Waals surface area contributed by atoms with Crippen molar-refractivity contribution in [2.45, 2.75) is 30.8 Å². The minimum Gasteiger partial charge on any atom is -0.299 e. The van der Waals surface area contributed by atoms with Crippen LogP contribution in [0, 0.1) is 0 Å². The molecule has 1 aromatic heterocycles. The first-order chi connectivity index (χ1) is 12.5. The Morgan fingerprint density at radius 1 is 1.15 bits per heavy atom. The summed E-state index contributed by atoms with van der Waals surface area (Å²) >= 11 is 13.8. The number of ketones is 1. The summed E-state index contributed by atoms with van der Waals surface area (Å²) < 4.78 is 1.98. The van der Waals surface area contributed by atoms with Crippen molar-refractivity contribution in [1.82, 2.24) is 14.8 Å². The average molecular weight is 406 g/mol. The Morgan fingerprint density at radius 2 is 1.88 bits per heavy atom. The number of hydrogen-bond acceptors (Lipinski definition) is 4. The molecule has 2 aromatic carbocycles. The van der Waals surface area contributed by atoms with E-state index in [-0.39, 0.29) is 11.0 Å². The Hall–Kier alpha value is -1.82. The molecule has 1 heterocycles. The molecule has 0 fully saturated rings. The number of aromatic nitrogens is 3. The van der Waals surface area contributed by atoms with E-state index in [0.29, 0.717) is 27.6 Å². The van der Waals surface area contributed by atoms with Crippen LogP contribution >= 0.6 is 35.0 Å². The molecule has 0 aliphatic rings. The van der Waals surface area contributed by atoms with Gasteiger partial charge < -0.3 is 0 Å². The molecular formula is C19H17Cl2N3OS. The molecule has 3 aromatic rings. The Labute approximate surface area is 166 Å². The fourth-order valence-electron chi connectivity index (χ4n) is 2.40. The van der Waals surface area contributed by atoms with Crippen molar-refractivity contribution in [2.24, 2.45) is 0 Å². The predicted octanol–water partition coefficient (Wildman–Crippen LogP) is 5.37. The second-order valence-corrected chi connectivity index (χ2v) is 8.02. The van der Waals surface area contributed by atoms with E-state index in [9.17, 15) is 4.79 Å². The summed E-state index contributed by atoms with van der Waals surface area (Å²) in [5, 5.41) is 10.2. The van der Waals surface area contributed by atoms with Gasteiger partial charge in [-0.25, -0.2) is 0 Å². The van der Waals surface area contributed by atoms with E-state index in [0.717, 1.165) is 11.1 Å². The molecule has 0 saturated carbocycles. The molecule has 3 rings (SSSR count). The number of halogens is 2. The highest BCUT2D eigenvalue weighted by Crippen LogP contribution is 2.33. The van der Waals surface area contributed by atoms with E-state index in [1.165, 1.54) is 11.8 Å². The summed E-state index contributed by atoms with van der Waals surface area (Å²) in [5.41, 5.74) is 1.86. The van der Waals surface area contributed by atoms with Crippen LogP contribution < -0.4 is 0 Å². The van der Waals surface area contributed by atoms with Crippen LogP contribution in [-0.4, -0.2) is 25.8 Å². The van der Waals surface area contributed by atoms with Gasteiger partial charge in [-0.1, -0.05) is 65.3 Å². The quantitative estimate of drug-likeness (QED) is 0.517. The number of hydrogen-bond donors (Lipinski definition) is 0. The first kappa shape index (κ1) is 19.0. The minimum absolute atomic E-state index is 0.0929. The SMILES string of the molecule is CC(=O)C(C)Sc1nnc(-c2ccc(Cl)cc2Cl)n1Cc1ccccc1. The zero-order valence-corrected chi connectivity index (χ0v) is 16.6. The first-order valence-corrected chi connectivity index (χ1v) is 9.69. The van der Waals surface area contributed by atoms with Gasteiger partial charge in [0.2, 0.25) is 0 Å². The van der Waals surface area contributed by atoms with Crippen molar-refractivity contribution >= 4 is 40.7 Å². The van der Waals surface area contributed by atoms with Crippen molar-refractivity contribution in [1.29, 1.82) is 0 Å². The molecular weight excluding hydrogens is 389 g/mol. The largest absolute Gasteiger partial charge is 0.299 e. The normalized spacial score (nSPS) is 12.2. The summed E-state index contributed by atoms with van der Waals surface area (Å²) in [6.45, 7) is 4.02. The number of Topliss-reactive ketones (excluding diaryl/α,β-unsaturated/α-hetero) is 1. The van der Waals surface area contributed by atoms with Crippen LogP contribution in [-0.2, 0) is 11.3 Å². The van der Waals surface area contributed by atoms with Crippen molar-refractivity contribution < 1.29 is 4.79 Å². The second-order valence-electron chi connectivity index (χ2n) is 5.87. The molecule has 0 N–H and O–H groups in total. The molecule has 0 saturated heterocycles. The Bertz CT molecular complexity index is 928. The maximum Gasteiger partial charge on any atom is 0.192 e. The van der Waals surface area contributed by atoms with Gasteiger partial charge in [0, 0.05) is 10.6 Å². The minimum atomic E-state index is -0.206. The fraction of sp³-hybridized carbons (Fsp3) is 0.211. The first-order valence-electron chi connectivity index (χ1n) is 8.05. The van der Waals surface area contributed by atoms with Gasteiger partial charge in [-0.05, 0) is 37.6 Å². The molecule has 0 aliphatic heterocycles. The Morgan fingerprint density at radius 3 is 2.54 bits per heavy atom. The number of nitrogens with zero attached hydrogens (tertiary/aromatic N) is 3. The van der Waals surface area contributed by atoms with Crippen LogP contribution in [0.1, 0.15) is 19.4 Å². The van der Waals surface area contributed by atoms with Crippen molar-refractivity contribution in [2.75, 3.05) is 0 Å². The van der Waals surface area contributed by atoms with Crippen molar-refractivity contribution in [3.8, 4) is 11.4 Å². The van der Waals surface area contributed by atoms with E-state index < -0.39 is 0 Å². The van der Waals surface area contributed by atoms with Gasteiger partial charge >= 0.3 is 0 Å². The molecule has 1 atom stereocenters. The van der Waals surface area contributed by atoms with Crippen LogP contribution in [0.25, 0.3) is 11.4 Å². The average Bonchev–Trinajstić information content (AvgIpc) is 2.98. The lowest BCUT2D eigenvalue weighted by molar-refractivity contribution is -0.116. The van der Waals surface area contributed by atoms with E-state index >= 15 is 0 Å². The van der Waals surface area contributed by atoms with E-state index in [2.05, 4.69) is 10.2 Å². The Kier molecular flexibility index (Phi) is 6.01. The van der Waals surface area contributed by atoms with E-state index in [1.807, 2.05) is 47.9 Å². The highest BCUT2D eigenvalue weighted by molar-refractivity contribution is 8.00. The van der Waals surface area contributed by atoms with Gasteiger partial charge in [-0.2, -0.15) is 0 Å². The molecule has 0 radical (unpaired) electrons. The van der Waals surface area contributed by atoms with Crippen LogP contribution in [0.15, 0.2) is 53.7 Å². The standard InChI is InChI=1S/C19H17Cl2N3OS/c1-12(25)13(2)26-19-23-22-18(16-9-8-15(20)10-17(16)21)24(19)11-14-6-4-3-5-7-14/h3-10,13H,11H2,1-2H3. The molecule has 7 heteroatoms. The van der Waals surface area contributed by atoms with Crippen molar-refractivity contribution in [3.05, 3.63) is 64.1 Å². The lowest BCUT2D eigenvalue weighted by Gasteiger charge is -2.13.